The van der Waals surface area contributed by atoms with Crippen LogP contribution in [0.5, 0.6) is 0 Å². The fourth-order valence-corrected chi connectivity index (χ4v) is 0. The molecule has 0 aliphatic heterocycles. The van der Waals surface area contributed by atoms with E-state index < -0.39 is 0 Å². The van der Waals surface area contributed by atoms with Gasteiger partial charge in [0.25, 0.3) is 0 Å². The predicted molar refractivity (Wildman–Crippen MR) is 92.2 cm³/mol. The van der Waals surface area contributed by atoms with Gasteiger partial charge >= 0.3 is 0 Å². The molecule has 0 fully saturated rings. The molecule has 0 aliphatic rings. The van der Waals surface area contributed by atoms with Crippen LogP contribution in [0.3, 0.4) is 0 Å². The van der Waals surface area contributed by atoms with Crippen molar-refractivity contribution >= 4 is 0 Å². The molecule has 1 heteroatoms. The van der Waals surface area contributed by atoms with Crippen LogP contribution in [0.1, 0.15) is 69.2 Å². The topological polar surface area (TPSA) is 9.23 Å². The van der Waals surface area contributed by atoms with Crippen molar-refractivity contribution in [2.24, 2.45) is 0 Å². The van der Waals surface area contributed by atoms with Crippen molar-refractivity contribution in [1.29, 1.82) is 0 Å². The van der Waals surface area contributed by atoms with E-state index >= 15 is 0 Å². The average molecular weight is 253 g/mol. The smallest absolute Gasteiger partial charge is 0.0351 e. The van der Waals surface area contributed by atoms with Gasteiger partial charge in [-0.05, 0) is 0 Å². The van der Waals surface area contributed by atoms with Crippen LogP contribution in [-0.4, -0.2) is 14.2 Å². The number of rotatable bonds is 0. The zero-order chi connectivity index (χ0) is 16.7. The molecule has 0 saturated heterocycles. The van der Waals surface area contributed by atoms with Gasteiger partial charge < -0.3 is 4.74 Å². The van der Waals surface area contributed by atoms with Gasteiger partial charge in [-0.3, -0.25) is 0 Å². The third-order valence-electron chi connectivity index (χ3n) is 0. The van der Waals surface area contributed by atoms with Crippen LogP contribution < -0.4 is 0 Å². The van der Waals surface area contributed by atoms with Crippen LogP contribution in [0, 0.1) is 0 Å². The van der Waals surface area contributed by atoms with Crippen molar-refractivity contribution in [3.63, 3.8) is 0 Å². The van der Waals surface area contributed by atoms with Crippen molar-refractivity contribution in [2.75, 3.05) is 14.2 Å². The molecule has 0 spiro atoms. The fraction of sp³-hybridized carbons (Fsp3) is 0.750. The van der Waals surface area contributed by atoms with E-state index in [2.05, 4.69) is 31.1 Å². The van der Waals surface area contributed by atoms with Gasteiger partial charge in [0.1, 0.15) is 0 Å². The molecular formula is C16H44O. The van der Waals surface area contributed by atoms with Crippen molar-refractivity contribution in [3.05, 3.63) is 26.3 Å². The maximum Gasteiger partial charge on any atom is 0.0351 e. The van der Waals surface area contributed by atoms with Gasteiger partial charge in [0.2, 0.25) is 0 Å². The highest BCUT2D eigenvalue weighted by Crippen LogP contribution is 1.28. The first-order chi connectivity index (χ1) is 8.41. The fourth-order valence-electron chi connectivity index (χ4n) is 0. The molecule has 114 valence electrons. The highest BCUT2D eigenvalue weighted by atomic mass is 16.4. The lowest BCUT2D eigenvalue weighted by atomic mass is 11.0. The Morgan fingerprint density at radius 1 is 0.412 bits per heavy atom. The summed E-state index contributed by atoms with van der Waals surface area (Å²) >= 11 is 0. The first-order valence-corrected chi connectivity index (χ1v) is 6.82. The molecule has 0 saturated carbocycles. The van der Waals surface area contributed by atoms with Crippen LogP contribution in [0.15, 0.2) is 26.3 Å². The third-order valence-corrected chi connectivity index (χ3v) is 0. The Kier molecular flexibility index (Phi) is 53800. The molecule has 0 N–H and O–H groups in total. The van der Waals surface area contributed by atoms with Gasteiger partial charge in [-0.15, -0.1) is 26.3 Å². The van der Waals surface area contributed by atoms with Gasteiger partial charge in [0, 0.05) is 14.2 Å². The first kappa shape index (κ1) is 55.0. The minimum atomic E-state index is 1.62. The summed E-state index contributed by atoms with van der Waals surface area (Å²) in [5.41, 5.74) is 0. The molecule has 0 aromatic rings. The summed E-state index contributed by atoms with van der Waals surface area (Å²) in [6, 6.07) is 0. The third kappa shape index (κ3) is 8890. The van der Waals surface area contributed by atoms with E-state index in [0.717, 1.165) is 0 Å². The minimum absolute atomic E-state index is 1.62. The quantitative estimate of drug-likeness (QED) is 0.422. The molecule has 0 aromatic heterocycles. The van der Waals surface area contributed by atoms with Gasteiger partial charge in [0.15, 0.2) is 0 Å². The zero-order valence-electron chi connectivity index (χ0n) is 15.2. The second-order valence-electron chi connectivity index (χ2n) is 0.408. The van der Waals surface area contributed by atoms with E-state index in [4.69, 9.17) is 0 Å². The second kappa shape index (κ2) is 16600. The predicted octanol–water partition coefficient (Wildman–Crippen LogP) is 7.00. The lowest BCUT2D eigenvalue weighted by molar-refractivity contribution is 0.277. The Labute approximate surface area is 115 Å². The largest absolute Gasteiger partial charge is 0.388 e. The molecule has 0 bridgehead atoms. The molecule has 0 radical (unpaired) electrons. The van der Waals surface area contributed by atoms with E-state index in [1.807, 2.05) is 69.2 Å². The summed E-state index contributed by atoms with van der Waals surface area (Å²) in [5, 5.41) is 0. The van der Waals surface area contributed by atoms with Crippen molar-refractivity contribution in [1.82, 2.24) is 0 Å². The molecule has 0 rings (SSSR count). The summed E-state index contributed by atoms with van der Waals surface area (Å²) in [5.74, 6) is 0. The van der Waals surface area contributed by atoms with E-state index in [0.29, 0.717) is 0 Å². The number of hydrogen-bond donors (Lipinski definition) is 0. The monoisotopic (exact) mass is 252 g/mol. The summed E-state index contributed by atoms with van der Waals surface area (Å²) in [6.45, 7) is 32.0. The summed E-state index contributed by atoms with van der Waals surface area (Å²) in [6.07, 6.45) is 0. The van der Waals surface area contributed by atoms with E-state index in [1.54, 1.807) is 14.2 Å². The Hall–Kier alpha value is -0.560. The van der Waals surface area contributed by atoms with E-state index in [1.165, 1.54) is 0 Å². The SMILES string of the molecule is C=C.C=C.CC.CC.CC.CC.CC.COC. The van der Waals surface area contributed by atoms with Gasteiger partial charge in [-0.2, -0.15) is 0 Å². The van der Waals surface area contributed by atoms with Crippen LogP contribution >= 0.6 is 0 Å². The highest BCUT2D eigenvalue weighted by Gasteiger charge is 1.25. The normalized spacial score (nSPS) is 3.29. The molecular weight excluding hydrogens is 208 g/mol. The summed E-state index contributed by atoms with van der Waals surface area (Å²) in [4.78, 5) is 0. The Morgan fingerprint density at radius 3 is 0.412 bits per heavy atom. The van der Waals surface area contributed by atoms with Gasteiger partial charge in [0.05, 0.1) is 0 Å². The molecule has 1 nitrogen and oxygen atoms in total. The second-order valence-corrected chi connectivity index (χ2v) is 0.408. The lowest BCUT2D eigenvalue weighted by Crippen LogP contribution is -1.55. The lowest BCUT2D eigenvalue weighted by Gasteiger charge is -1.61. The maximum absolute atomic E-state index is 4.25. The summed E-state index contributed by atoms with van der Waals surface area (Å²) < 4.78 is 4.25. The van der Waals surface area contributed by atoms with Crippen LogP contribution in [-0.2, 0) is 4.74 Å². The molecule has 0 aliphatic carbocycles. The molecule has 17 heavy (non-hydrogen) atoms. The standard InChI is InChI=1S/C2H6O.5C2H6.2C2H4/c1-3-2;7*1-2/h1-2H3;5*1-2H3;2*1-2H2. The van der Waals surface area contributed by atoms with E-state index in [9.17, 15) is 0 Å². The maximum atomic E-state index is 4.25. The Balaban J connectivity index is -0.00000000914. The van der Waals surface area contributed by atoms with Crippen molar-refractivity contribution in [2.45, 2.75) is 69.2 Å². The zero-order valence-corrected chi connectivity index (χ0v) is 15.2. The van der Waals surface area contributed by atoms with Gasteiger partial charge in [-0.25, -0.2) is 0 Å². The van der Waals surface area contributed by atoms with E-state index in [-0.39, 0.29) is 0 Å². The molecule has 0 heterocycles. The Bertz CT molecular complexity index is 13.0. The van der Waals surface area contributed by atoms with Crippen molar-refractivity contribution < 1.29 is 4.74 Å². The number of hydrogen-bond acceptors (Lipinski definition) is 1. The number of methoxy groups -OCH3 is 1. The van der Waals surface area contributed by atoms with Crippen LogP contribution in [0.4, 0.5) is 0 Å². The Morgan fingerprint density at radius 2 is 0.412 bits per heavy atom. The summed E-state index contributed by atoms with van der Waals surface area (Å²) in [7, 11) is 3.25. The van der Waals surface area contributed by atoms with Gasteiger partial charge in [-0.1, -0.05) is 69.2 Å². The highest BCUT2D eigenvalue weighted by molar-refractivity contribution is 4.22. The molecule has 0 unspecified atom stereocenters. The van der Waals surface area contributed by atoms with Crippen LogP contribution in [0.2, 0.25) is 0 Å². The van der Waals surface area contributed by atoms with Crippen molar-refractivity contribution in [3.8, 4) is 0 Å². The average Bonchev–Trinajstić information content (AvgIpc) is 2.53. The minimum Gasteiger partial charge on any atom is -0.388 e. The number of ether oxygens (including phenoxy) is 1. The first-order valence-electron chi connectivity index (χ1n) is 6.82. The van der Waals surface area contributed by atoms with Crippen LogP contribution in [0.25, 0.3) is 0 Å². The molecule has 0 amide bonds. The molecule has 0 atom stereocenters. The molecule has 0 aromatic carbocycles.